The van der Waals surface area contributed by atoms with Crippen LogP contribution in [0.1, 0.15) is 29.5 Å². The van der Waals surface area contributed by atoms with Crippen LogP contribution >= 0.6 is 11.3 Å². The van der Waals surface area contributed by atoms with E-state index in [4.69, 9.17) is 5.11 Å². The molecule has 1 rings (SSSR count). The first-order valence-electron chi connectivity index (χ1n) is 5.60. The zero-order valence-corrected chi connectivity index (χ0v) is 12.2. The van der Waals surface area contributed by atoms with E-state index in [0.29, 0.717) is 11.3 Å². The molecule has 0 aliphatic carbocycles. The summed E-state index contributed by atoms with van der Waals surface area (Å²) < 4.78 is 26.4. The Labute approximate surface area is 111 Å². The molecule has 0 saturated heterocycles. The molecule has 1 atom stereocenters. The van der Waals surface area contributed by atoms with Crippen molar-refractivity contribution in [3.05, 3.63) is 15.8 Å². The average Bonchev–Trinajstić information content (AvgIpc) is 2.57. The van der Waals surface area contributed by atoms with Crippen LogP contribution in [0.2, 0.25) is 0 Å². The van der Waals surface area contributed by atoms with Crippen molar-refractivity contribution in [3.8, 4) is 0 Å². The molecular formula is C11H17NO4S2. The van der Waals surface area contributed by atoms with Crippen LogP contribution in [0.5, 0.6) is 0 Å². The minimum atomic E-state index is -3.76. The third-order valence-electron chi connectivity index (χ3n) is 2.46. The van der Waals surface area contributed by atoms with Crippen LogP contribution in [0.15, 0.2) is 11.0 Å². The van der Waals surface area contributed by atoms with E-state index in [2.05, 4.69) is 4.72 Å². The van der Waals surface area contributed by atoms with Crippen molar-refractivity contribution < 1.29 is 18.3 Å². The van der Waals surface area contributed by atoms with Gasteiger partial charge in [0, 0.05) is 9.75 Å². The molecule has 2 N–H and O–H groups in total. The third-order valence-corrected chi connectivity index (χ3v) is 5.15. The molecule has 1 aromatic rings. The first-order chi connectivity index (χ1) is 8.27. The fraction of sp³-hybridized carbons (Fsp3) is 0.545. The van der Waals surface area contributed by atoms with E-state index < -0.39 is 22.0 Å². The summed E-state index contributed by atoms with van der Waals surface area (Å²) in [5.74, 6) is -1.15. The van der Waals surface area contributed by atoms with Crippen molar-refractivity contribution in [1.29, 1.82) is 0 Å². The number of hydrogen-bond donors (Lipinski definition) is 2. The predicted octanol–water partition coefficient (Wildman–Crippen LogP) is 1.90. The third kappa shape index (κ3) is 3.54. The minimum absolute atomic E-state index is 0.173. The zero-order chi connectivity index (χ0) is 13.9. The Kier molecular flexibility index (Phi) is 4.89. The quantitative estimate of drug-likeness (QED) is 0.838. The molecule has 7 heteroatoms. The number of hydrogen-bond acceptors (Lipinski definition) is 4. The second kappa shape index (κ2) is 5.81. The Morgan fingerprint density at radius 3 is 2.50 bits per heavy atom. The van der Waals surface area contributed by atoms with Gasteiger partial charge >= 0.3 is 5.97 Å². The molecule has 0 aliphatic heterocycles. The van der Waals surface area contributed by atoms with Gasteiger partial charge < -0.3 is 5.11 Å². The molecule has 1 heterocycles. The zero-order valence-electron chi connectivity index (χ0n) is 10.6. The van der Waals surface area contributed by atoms with Crippen molar-refractivity contribution >= 4 is 27.3 Å². The van der Waals surface area contributed by atoms with E-state index in [9.17, 15) is 13.2 Å². The van der Waals surface area contributed by atoms with Crippen molar-refractivity contribution in [2.45, 2.75) is 44.6 Å². The van der Waals surface area contributed by atoms with Gasteiger partial charge in [0.2, 0.25) is 10.0 Å². The van der Waals surface area contributed by atoms with E-state index in [1.807, 2.05) is 13.8 Å². The maximum Gasteiger partial charge on any atom is 0.321 e. The van der Waals surface area contributed by atoms with E-state index in [1.54, 1.807) is 13.0 Å². The summed E-state index contributed by atoms with van der Waals surface area (Å²) in [5.41, 5.74) is 0. The molecule has 0 spiro atoms. The molecule has 0 fully saturated rings. The second-order valence-electron chi connectivity index (χ2n) is 4.08. The van der Waals surface area contributed by atoms with E-state index in [-0.39, 0.29) is 11.3 Å². The Morgan fingerprint density at radius 2 is 2.11 bits per heavy atom. The van der Waals surface area contributed by atoms with Gasteiger partial charge in [0.1, 0.15) is 6.04 Å². The molecule has 0 saturated carbocycles. The SMILES string of the molecule is CCCC(NS(=O)(=O)c1cc(C)sc1C)C(=O)O. The fourth-order valence-electron chi connectivity index (χ4n) is 1.65. The first kappa shape index (κ1) is 15.1. The summed E-state index contributed by atoms with van der Waals surface area (Å²) in [6, 6.07) is 0.493. The summed E-state index contributed by atoms with van der Waals surface area (Å²) in [7, 11) is -3.76. The molecule has 0 aromatic carbocycles. The summed E-state index contributed by atoms with van der Waals surface area (Å²) in [6.07, 6.45) is 0.873. The lowest BCUT2D eigenvalue weighted by Gasteiger charge is -2.13. The standard InChI is InChI=1S/C11H17NO4S2/c1-4-5-9(11(13)14)12-18(15,16)10-6-7(2)17-8(10)3/h6,9,12H,4-5H2,1-3H3,(H,13,14). The Hall–Kier alpha value is -0.920. The molecular weight excluding hydrogens is 274 g/mol. The highest BCUT2D eigenvalue weighted by Crippen LogP contribution is 2.25. The van der Waals surface area contributed by atoms with Crippen molar-refractivity contribution in [3.63, 3.8) is 0 Å². The van der Waals surface area contributed by atoms with Gasteiger partial charge in [-0.25, -0.2) is 8.42 Å². The van der Waals surface area contributed by atoms with Gasteiger partial charge in [0.05, 0.1) is 4.90 Å². The van der Waals surface area contributed by atoms with E-state index in [0.717, 1.165) is 4.88 Å². The number of rotatable bonds is 6. The molecule has 18 heavy (non-hydrogen) atoms. The second-order valence-corrected chi connectivity index (χ2v) is 7.22. The largest absolute Gasteiger partial charge is 0.480 e. The fourth-order valence-corrected chi connectivity index (χ4v) is 4.43. The highest BCUT2D eigenvalue weighted by atomic mass is 32.2. The summed E-state index contributed by atoms with van der Waals surface area (Å²) in [5, 5.41) is 8.96. The number of thiophene rings is 1. The Balaban J connectivity index is 3.00. The van der Waals surface area contributed by atoms with Gasteiger partial charge in [-0.05, 0) is 26.3 Å². The van der Waals surface area contributed by atoms with Crippen LogP contribution < -0.4 is 4.72 Å². The number of carboxylic acids is 1. The number of sulfonamides is 1. The van der Waals surface area contributed by atoms with Gasteiger partial charge in [-0.15, -0.1) is 11.3 Å². The van der Waals surface area contributed by atoms with E-state index >= 15 is 0 Å². The van der Waals surface area contributed by atoms with Crippen LogP contribution in [0.4, 0.5) is 0 Å². The monoisotopic (exact) mass is 291 g/mol. The number of aliphatic carboxylic acids is 1. The minimum Gasteiger partial charge on any atom is -0.480 e. The molecule has 0 bridgehead atoms. The predicted molar refractivity (Wildman–Crippen MR) is 70.4 cm³/mol. The maximum absolute atomic E-state index is 12.1. The normalized spacial score (nSPS) is 13.5. The molecule has 1 unspecified atom stereocenters. The van der Waals surface area contributed by atoms with Gasteiger partial charge in [0.25, 0.3) is 0 Å². The van der Waals surface area contributed by atoms with Gasteiger partial charge in [0.15, 0.2) is 0 Å². The lowest BCUT2D eigenvalue weighted by Crippen LogP contribution is -2.40. The molecule has 0 amide bonds. The smallest absolute Gasteiger partial charge is 0.321 e. The first-order valence-corrected chi connectivity index (χ1v) is 7.90. The van der Waals surface area contributed by atoms with Crippen LogP contribution in [0.3, 0.4) is 0 Å². The summed E-state index contributed by atoms with van der Waals surface area (Å²) in [4.78, 5) is 12.7. The molecule has 0 radical (unpaired) electrons. The molecule has 0 aliphatic rings. The average molecular weight is 291 g/mol. The Morgan fingerprint density at radius 1 is 1.50 bits per heavy atom. The lowest BCUT2D eigenvalue weighted by atomic mass is 10.2. The number of nitrogens with one attached hydrogen (secondary N) is 1. The highest BCUT2D eigenvalue weighted by Gasteiger charge is 2.26. The van der Waals surface area contributed by atoms with Crippen molar-refractivity contribution in [2.75, 3.05) is 0 Å². The van der Waals surface area contributed by atoms with Crippen LogP contribution in [-0.2, 0) is 14.8 Å². The van der Waals surface area contributed by atoms with Crippen molar-refractivity contribution in [1.82, 2.24) is 4.72 Å². The number of carboxylic acid groups (broad SMARTS) is 1. The number of carbonyl (C=O) groups is 1. The summed E-state index contributed by atoms with van der Waals surface area (Å²) >= 11 is 1.38. The van der Waals surface area contributed by atoms with Crippen LogP contribution in [0.25, 0.3) is 0 Å². The van der Waals surface area contributed by atoms with Crippen LogP contribution in [0, 0.1) is 13.8 Å². The van der Waals surface area contributed by atoms with Gasteiger partial charge in [-0.3, -0.25) is 4.79 Å². The van der Waals surface area contributed by atoms with Crippen molar-refractivity contribution in [2.24, 2.45) is 0 Å². The molecule has 102 valence electrons. The topological polar surface area (TPSA) is 83.5 Å². The van der Waals surface area contributed by atoms with Crippen LogP contribution in [-0.4, -0.2) is 25.5 Å². The maximum atomic E-state index is 12.1. The van der Waals surface area contributed by atoms with Gasteiger partial charge in [-0.1, -0.05) is 13.3 Å². The van der Waals surface area contributed by atoms with E-state index in [1.165, 1.54) is 11.3 Å². The highest BCUT2D eigenvalue weighted by molar-refractivity contribution is 7.89. The Bertz CT molecular complexity index is 533. The number of aryl methyl sites for hydroxylation is 2. The lowest BCUT2D eigenvalue weighted by molar-refractivity contribution is -0.139. The molecule has 5 nitrogen and oxygen atoms in total. The molecule has 1 aromatic heterocycles. The summed E-state index contributed by atoms with van der Waals surface area (Å²) in [6.45, 7) is 5.34. The van der Waals surface area contributed by atoms with Gasteiger partial charge in [-0.2, -0.15) is 4.72 Å².